The van der Waals surface area contributed by atoms with Crippen molar-refractivity contribution < 1.29 is 4.74 Å². The summed E-state index contributed by atoms with van der Waals surface area (Å²) in [5.74, 6) is 2.24. The van der Waals surface area contributed by atoms with Crippen LogP contribution >= 0.6 is 0 Å². The molecule has 3 heteroatoms. The molecule has 0 saturated heterocycles. The largest absolute Gasteiger partial charge is 0.477 e. The highest BCUT2D eigenvalue weighted by atomic mass is 16.5. The van der Waals surface area contributed by atoms with Gasteiger partial charge in [0.2, 0.25) is 5.88 Å². The Morgan fingerprint density at radius 3 is 2.41 bits per heavy atom. The Kier molecular flexibility index (Phi) is 7.68. The molecular formula is C19H32N2O. The van der Waals surface area contributed by atoms with Crippen LogP contribution in [0.2, 0.25) is 0 Å². The maximum Gasteiger partial charge on any atom is 0.233 e. The molecule has 0 amide bonds. The smallest absolute Gasteiger partial charge is 0.233 e. The maximum atomic E-state index is 5.67. The Morgan fingerprint density at radius 1 is 0.955 bits per heavy atom. The van der Waals surface area contributed by atoms with Gasteiger partial charge >= 0.3 is 0 Å². The molecule has 2 rings (SSSR count). The van der Waals surface area contributed by atoms with Crippen LogP contribution in [-0.2, 0) is 0 Å². The zero-order chi connectivity index (χ0) is 15.6. The van der Waals surface area contributed by atoms with Gasteiger partial charge in [-0.3, -0.25) is 0 Å². The highest BCUT2D eigenvalue weighted by molar-refractivity contribution is 5.15. The van der Waals surface area contributed by atoms with Gasteiger partial charge in [0.1, 0.15) is 0 Å². The number of aromatic nitrogens is 2. The number of hydrogen-bond acceptors (Lipinski definition) is 3. The van der Waals surface area contributed by atoms with E-state index < -0.39 is 0 Å². The number of nitrogens with zero attached hydrogens (tertiary/aromatic N) is 2. The van der Waals surface area contributed by atoms with E-state index in [0.29, 0.717) is 11.8 Å². The highest BCUT2D eigenvalue weighted by Gasteiger charge is 2.22. The van der Waals surface area contributed by atoms with Crippen LogP contribution in [0.25, 0.3) is 0 Å². The van der Waals surface area contributed by atoms with Crippen molar-refractivity contribution in [2.24, 2.45) is 5.92 Å². The van der Waals surface area contributed by atoms with Crippen LogP contribution in [0.5, 0.6) is 5.88 Å². The molecule has 0 bridgehead atoms. The molecule has 1 aliphatic carbocycles. The fourth-order valence-electron chi connectivity index (χ4n) is 3.49. The van der Waals surface area contributed by atoms with Gasteiger partial charge < -0.3 is 4.74 Å². The predicted octanol–water partition coefficient (Wildman–Crippen LogP) is 5.51. The zero-order valence-electron chi connectivity index (χ0n) is 14.4. The van der Waals surface area contributed by atoms with E-state index in [1.807, 2.05) is 6.07 Å². The molecule has 3 nitrogen and oxygen atoms in total. The summed E-state index contributed by atoms with van der Waals surface area (Å²) < 4.78 is 5.67. The second-order valence-corrected chi connectivity index (χ2v) is 6.71. The molecule has 0 spiro atoms. The van der Waals surface area contributed by atoms with Gasteiger partial charge in [-0.1, -0.05) is 46.0 Å². The lowest BCUT2D eigenvalue weighted by atomic mass is 9.79. The van der Waals surface area contributed by atoms with Crippen molar-refractivity contribution in [3.05, 3.63) is 17.8 Å². The lowest BCUT2D eigenvalue weighted by Gasteiger charge is -2.27. The summed E-state index contributed by atoms with van der Waals surface area (Å²) in [5.41, 5.74) is 1.16. The van der Waals surface area contributed by atoms with E-state index in [-0.39, 0.29) is 0 Å². The quantitative estimate of drug-likeness (QED) is 0.564. The minimum atomic E-state index is 0.610. The summed E-state index contributed by atoms with van der Waals surface area (Å²) in [4.78, 5) is 0. The molecule has 0 radical (unpaired) electrons. The Bertz CT molecular complexity index is 396. The molecular weight excluding hydrogens is 272 g/mol. The average molecular weight is 304 g/mol. The van der Waals surface area contributed by atoms with Crippen LogP contribution < -0.4 is 4.74 Å². The summed E-state index contributed by atoms with van der Waals surface area (Å²) in [6, 6.07) is 4.12. The average Bonchev–Trinajstić information content (AvgIpc) is 2.56. The van der Waals surface area contributed by atoms with Gasteiger partial charge in [-0.15, -0.1) is 5.10 Å². The first-order chi connectivity index (χ1) is 10.8. The Balaban J connectivity index is 1.72. The second-order valence-electron chi connectivity index (χ2n) is 6.71. The third-order valence-corrected chi connectivity index (χ3v) is 4.87. The van der Waals surface area contributed by atoms with Crippen molar-refractivity contribution in [1.29, 1.82) is 0 Å². The molecule has 1 saturated carbocycles. The molecule has 0 atom stereocenters. The molecule has 0 aromatic carbocycles. The maximum absolute atomic E-state index is 5.67. The monoisotopic (exact) mass is 304 g/mol. The first-order valence-electron chi connectivity index (χ1n) is 9.29. The number of ether oxygens (including phenoxy) is 1. The van der Waals surface area contributed by atoms with Crippen LogP contribution in [0.3, 0.4) is 0 Å². The van der Waals surface area contributed by atoms with E-state index >= 15 is 0 Å². The molecule has 124 valence electrons. The van der Waals surface area contributed by atoms with Gasteiger partial charge in [0, 0.05) is 12.0 Å². The molecule has 0 aliphatic heterocycles. The van der Waals surface area contributed by atoms with Crippen molar-refractivity contribution >= 4 is 0 Å². The van der Waals surface area contributed by atoms with Crippen molar-refractivity contribution in [3.63, 3.8) is 0 Å². The minimum Gasteiger partial charge on any atom is -0.477 e. The molecule has 0 N–H and O–H groups in total. The van der Waals surface area contributed by atoms with Crippen molar-refractivity contribution in [2.75, 3.05) is 6.61 Å². The van der Waals surface area contributed by atoms with E-state index in [1.165, 1.54) is 57.8 Å². The number of rotatable bonds is 9. The summed E-state index contributed by atoms with van der Waals surface area (Å²) in [6.45, 7) is 5.27. The summed E-state index contributed by atoms with van der Waals surface area (Å²) in [5, 5.41) is 8.67. The lowest BCUT2D eigenvalue weighted by molar-refractivity contribution is 0.286. The van der Waals surface area contributed by atoms with E-state index in [9.17, 15) is 0 Å². The van der Waals surface area contributed by atoms with Gasteiger partial charge in [-0.05, 0) is 44.1 Å². The standard InChI is InChI=1S/C19H32N2O/c1-3-5-6-7-15-22-19-14-13-18(20-21-19)17-11-9-16(8-4-2)10-12-17/h13-14,16-17H,3-12,15H2,1-2H3. The summed E-state index contributed by atoms with van der Waals surface area (Å²) >= 11 is 0. The van der Waals surface area contributed by atoms with Gasteiger partial charge in [0.25, 0.3) is 0 Å². The lowest BCUT2D eigenvalue weighted by Crippen LogP contribution is -2.14. The summed E-state index contributed by atoms with van der Waals surface area (Å²) in [7, 11) is 0. The van der Waals surface area contributed by atoms with Crippen molar-refractivity contribution in [3.8, 4) is 5.88 Å². The van der Waals surface area contributed by atoms with Gasteiger partial charge in [0.05, 0.1) is 12.3 Å². The molecule has 22 heavy (non-hydrogen) atoms. The Morgan fingerprint density at radius 2 is 1.77 bits per heavy atom. The first kappa shape index (κ1) is 17.2. The number of unbranched alkanes of at least 4 members (excludes halogenated alkanes) is 3. The summed E-state index contributed by atoms with van der Waals surface area (Å²) in [6.07, 6.45) is 12.9. The van der Waals surface area contributed by atoms with Crippen LogP contribution in [0, 0.1) is 5.92 Å². The Labute approximate surface area is 135 Å². The van der Waals surface area contributed by atoms with Gasteiger partial charge in [0.15, 0.2) is 0 Å². The van der Waals surface area contributed by atoms with Crippen LogP contribution in [-0.4, -0.2) is 16.8 Å². The predicted molar refractivity (Wildman–Crippen MR) is 91.3 cm³/mol. The van der Waals surface area contributed by atoms with E-state index in [2.05, 4.69) is 30.1 Å². The van der Waals surface area contributed by atoms with Crippen molar-refractivity contribution in [2.45, 2.75) is 84.0 Å². The van der Waals surface area contributed by atoms with Gasteiger partial charge in [-0.2, -0.15) is 5.10 Å². The highest BCUT2D eigenvalue weighted by Crippen LogP contribution is 2.36. The normalized spacial score (nSPS) is 21.7. The fourth-order valence-corrected chi connectivity index (χ4v) is 3.49. The molecule has 1 aromatic heterocycles. The molecule has 1 fully saturated rings. The van der Waals surface area contributed by atoms with Crippen LogP contribution in [0.4, 0.5) is 0 Å². The molecule has 0 unspecified atom stereocenters. The van der Waals surface area contributed by atoms with Crippen molar-refractivity contribution in [1.82, 2.24) is 10.2 Å². The van der Waals surface area contributed by atoms with Crippen LogP contribution in [0.15, 0.2) is 12.1 Å². The number of hydrogen-bond donors (Lipinski definition) is 0. The topological polar surface area (TPSA) is 35.0 Å². The van der Waals surface area contributed by atoms with E-state index in [1.54, 1.807) is 0 Å². The molecule has 1 aliphatic rings. The zero-order valence-corrected chi connectivity index (χ0v) is 14.4. The molecule has 1 heterocycles. The molecule has 1 aromatic rings. The van der Waals surface area contributed by atoms with Gasteiger partial charge in [-0.25, -0.2) is 0 Å². The van der Waals surface area contributed by atoms with E-state index in [4.69, 9.17) is 4.74 Å². The Hall–Kier alpha value is -1.12. The minimum absolute atomic E-state index is 0.610. The van der Waals surface area contributed by atoms with E-state index in [0.717, 1.165) is 24.6 Å². The second kappa shape index (κ2) is 9.81. The fraction of sp³-hybridized carbons (Fsp3) is 0.789. The first-order valence-corrected chi connectivity index (χ1v) is 9.29. The SMILES string of the molecule is CCCCCCOc1ccc(C2CCC(CCC)CC2)nn1. The third kappa shape index (κ3) is 5.58. The third-order valence-electron chi connectivity index (χ3n) is 4.87. The van der Waals surface area contributed by atoms with Crippen LogP contribution in [0.1, 0.15) is 89.7 Å².